The zero-order valence-corrected chi connectivity index (χ0v) is 14.9. The Bertz CT molecular complexity index is 904. The van der Waals surface area contributed by atoms with E-state index in [0.717, 1.165) is 28.5 Å². The summed E-state index contributed by atoms with van der Waals surface area (Å²) in [6, 6.07) is 13.7. The van der Waals surface area contributed by atoms with E-state index < -0.39 is 0 Å². The molecule has 0 unspecified atom stereocenters. The number of nitrogens with two attached hydrogens (primary N) is 1. The molecule has 0 fully saturated rings. The van der Waals surface area contributed by atoms with Crippen molar-refractivity contribution in [3.8, 4) is 11.1 Å². The van der Waals surface area contributed by atoms with Crippen LogP contribution in [0.2, 0.25) is 0 Å². The molecule has 1 heterocycles. The number of hydrogen-bond acceptors (Lipinski definition) is 3. The van der Waals surface area contributed by atoms with Crippen LogP contribution in [0.15, 0.2) is 48.7 Å². The number of aromatic nitrogens is 1. The Kier molecular flexibility index (Phi) is 4.64. The Morgan fingerprint density at radius 1 is 1.20 bits per heavy atom. The largest absolute Gasteiger partial charge is 0.462 e. The first kappa shape index (κ1) is 17.2. The summed E-state index contributed by atoms with van der Waals surface area (Å²) in [5, 5.41) is 1.16. The van der Waals surface area contributed by atoms with Crippen LogP contribution >= 0.6 is 0 Å². The van der Waals surface area contributed by atoms with Gasteiger partial charge in [-0.1, -0.05) is 30.3 Å². The molecule has 1 aromatic heterocycles. The van der Waals surface area contributed by atoms with Gasteiger partial charge in [-0.15, -0.1) is 0 Å². The molecule has 0 bridgehead atoms. The highest BCUT2D eigenvalue weighted by atomic mass is 16.5. The molecular formula is C21H24N2O2. The van der Waals surface area contributed by atoms with E-state index in [1.165, 1.54) is 5.56 Å². The van der Waals surface area contributed by atoms with Crippen molar-refractivity contribution in [3.05, 3.63) is 59.8 Å². The highest BCUT2D eigenvalue weighted by molar-refractivity contribution is 5.98. The molecule has 0 saturated heterocycles. The monoisotopic (exact) mass is 336 g/mol. The molecule has 3 rings (SSSR count). The van der Waals surface area contributed by atoms with E-state index in [9.17, 15) is 4.79 Å². The summed E-state index contributed by atoms with van der Waals surface area (Å²) < 4.78 is 5.10. The second-order valence-electron chi connectivity index (χ2n) is 7.01. The number of carbonyl (C=O) groups is 1. The molecule has 0 aliphatic heterocycles. The fraction of sp³-hybridized carbons (Fsp3) is 0.286. The first-order valence-electron chi connectivity index (χ1n) is 8.54. The Morgan fingerprint density at radius 2 is 1.96 bits per heavy atom. The summed E-state index contributed by atoms with van der Waals surface area (Å²) in [5.41, 5.74) is 10.8. The predicted molar refractivity (Wildman–Crippen MR) is 102 cm³/mol. The van der Waals surface area contributed by atoms with Gasteiger partial charge >= 0.3 is 5.97 Å². The molecule has 2 aromatic carbocycles. The van der Waals surface area contributed by atoms with Crippen molar-refractivity contribution in [1.29, 1.82) is 0 Å². The van der Waals surface area contributed by atoms with E-state index in [1.807, 2.05) is 51.2 Å². The quantitative estimate of drug-likeness (QED) is 0.683. The standard InChI is InChI=1S/C21H24N2O2/c1-4-25-20(24)15-8-5-7-14(11-15)17-9-6-10-18-16(12-21(2,3)22)13-23-19(17)18/h5-11,13,23H,4,12,22H2,1-3H3. The van der Waals surface area contributed by atoms with Crippen LogP contribution in [0.3, 0.4) is 0 Å². The van der Waals surface area contributed by atoms with E-state index in [1.54, 1.807) is 6.07 Å². The summed E-state index contributed by atoms with van der Waals surface area (Å²) in [4.78, 5) is 15.4. The summed E-state index contributed by atoms with van der Waals surface area (Å²) in [6.07, 6.45) is 2.82. The number of H-pyrrole nitrogens is 1. The molecule has 0 amide bonds. The van der Waals surface area contributed by atoms with Crippen molar-refractivity contribution in [2.75, 3.05) is 6.61 Å². The van der Waals surface area contributed by atoms with Gasteiger partial charge in [-0.2, -0.15) is 0 Å². The average Bonchev–Trinajstić information content (AvgIpc) is 2.96. The minimum absolute atomic E-state index is 0.269. The number of benzene rings is 2. The van der Waals surface area contributed by atoms with Crippen molar-refractivity contribution in [1.82, 2.24) is 4.98 Å². The smallest absolute Gasteiger partial charge is 0.338 e. The number of carbonyl (C=O) groups excluding carboxylic acids is 1. The van der Waals surface area contributed by atoms with Crippen molar-refractivity contribution < 1.29 is 9.53 Å². The molecule has 4 nitrogen and oxygen atoms in total. The van der Waals surface area contributed by atoms with Gasteiger partial charge in [0.2, 0.25) is 0 Å². The minimum atomic E-state index is -0.298. The van der Waals surface area contributed by atoms with E-state index in [0.29, 0.717) is 12.2 Å². The molecule has 130 valence electrons. The normalized spacial score (nSPS) is 11.7. The van der Waals surface area contributed by atoms with Crippen molar-refractivity contribution in [2.24, 2.45) is 5.73 Å². The lowest BCUT2D eigenvalue weighted by atomic mass is 9.94. The maximum atomic E-state index is 12.0. The minimum Gasteiger partial charge on any atom is -0.462 e. The fourth-order valence-corrected chi connectivity index (χ4v) is 3.12. The van der Waals surface area contributed by atoms with Gasteiger partial charge in [0.1, 0.15) is 0 Å². The van der Waals surface area contributed by atoms with Gasteiger partial charge in [-0.05, 0) is 50.5 Å². The van der Waals surface area contributed by atoms with Crippen molar-refractivity contribution in [2.45, 2.75) is 32.7 Å². The average molecular weight is 336 g/mol. The molecule has 0 spiro atoms. The molecule has 0 atom stereocenters. The number of ether oxygens (including phenoxy) is 1. The number of hydrogen-bond donors (Lipinski definition) is 2. The Balaban J connectivity index is 2.05. The van der Waals surface area contributed by atoms with E-state index in [4.69, 9.17) is 10.5 Å². The highest BCUT2D eigenvalue weighted by Crippen LogP contribution is 2.31. The summed E-state index contributed by atoms with van der Waals surface area (Å²) in [6.45, 7) is 6.23. The fourth-order valence-electron chi connectivity index (χ4n) is 3.12. The Morgan fingerprint density at radius 3 is 2.68 bits per heavy atom. The van der Waals surface area contributed by atoms with Crippen LogP contribution in [0.25, 0.3) is 22.0 Å². The number of esters is 1. The summed E-state index contributed by atoms with van der Waals surface area (Å²) >= 11 is 0. The molecule has 0 aliphatic carbocycles. The Hall–Kier alpha value is -2.59. The van der Waals surface area contributed by atoms with Crippen LogP contribution in [0, 0.1) is 0 Å². The zero-order chi connectivity index (χ0) is 18.0. The summed E-state index contributed by atoms with van der Waals surface area (Å²) in [7, 11) is 0. The second-order valence-corrected chi connectivity index (χ2v) is 7.01. The van der Waals surface area contributed by atoms with Gasteiger partial charge in [0.05, 0.1) is 17.7 Å². The molecule has 3 aromatic rings. The van der Waals surface area contributed by atoms with Gasteiger partial charge in [-0.3, -0.25) is 0 Å². The maximum absolute atomic E-state index is 12.0. The summed E-state index contributed by atoms with van der Waals surface area (Å²) in [5.74, 6) is -0.298. The van der Waals surface area contributed by atoms with E-state index in [2.05, 4.69) is 17.1 Å². The topological polar surface area (TPSA) is 68.1 Å². The van der Waals surface area contributed by atoms with E-state index in [-0.39, 0.29) is 11.5 Å². The molecular weight excluding hydrogens is 312 g/mol. The molecule has 25 heavy (non-hydrogen) atoms. The number of nitrogens with one attached hydrogen (secondary N) is 1. The maximum Gasteiger partial charge on any atom is 0.338 e. The zero-order valence-electron chi connectivity index (χ0n) is 14.9. The van der Waals surface area contributed by atoms with Crippen LogP contribution in [0.4, 0.5) is 0 Å². The molecule has 0 radical (unpaired) electrons. The first-order chi connectivity index (χ1) is 11.9. The Labute approximate surface area is 148 Å². The highest BCUT2D eigenvalue weighted by Gasteiger charge is 2.16. The first-order valence-corrected chi connectivity index (χ1v) is 8.54. The third kappa shape index (κ3) is 3.74. The number of rotatable bonds is 5. The lowest BCUT2D eigenvalue weighted by Crippen LogP contribution is -2.34. The lowest BCUT2D eigenvalue weighted by Gasteiger charge is -2.17. The molecule has 3 N–H and O–H groups in total. The van der Waals surface area contributed by atoms with Crippen LogP contribution < -0.4 is 5.73 Å². The van der Waals surface area contributed by atoms with Crippen molar-refractivity contribution >= 4 is 16.9 Å². The second kappa shape index (κ2) is 6.73. The third-order valence-electron chi connectivity index (χ3n) is 4.13. The van der Waals surface area contributed by atoms with Gasteiger partial charge in [0, 0.05) is 22.7 Å². The lowest BCUT2D eigenvalue weighted by molar-refractivity contribution is 0.0526. The molecule has 0 aliphatic rings. The SMILES string of the molecule is CCOC(=O)c1cccc(-c2cccc3c(CC(C)(C)N)c[nH]c23)c1. The van der Waals surface area contributed by atoms with Crippen molar-refractivity contribution in [3.63, 3.8) is 0 Å². The predicted octanol–water partition coefficient (Wildman–Crippen LogP) is 4.29. The van der Waals surface area contributed by atoms with Crippen LogP contribution in [-0.4, -0.2) is 23.1 Å². The third-order valence-corrected chi connectivity index (χ3v) is 4.13. The van der Waals surface area contributed by atoms with Gasteiger partial charge in [0.15, 0.2) is 0 Å². The number of fused-ring (bicyclic) bond motifs is 1. The molecule has 0 saturated carbocycles. The van der Waals surface area contributed by atoms with Crippen LogP contribution in [0.5, 0.6) is 0 Å². The van der Waals surface area contributed by atoms with Gasteiger partial charge < -0.3 is 15.5 Å². The van der Waals surface area contributed by atoms with Crippen LogP contribution in [0.1, 0.15) is 36.7 Å². The molecule has 4 heteroatoms. The van der Waals surface area contributed by atoms with Gasteiger partial charge in [0.25, 0.3) is 0 Å². The van der Waals surface area contributed by atoms with Crippen LogP contribution in [-0.2, 0) is 11.2 Å². The number of para-hydroxylation sites is 1. The van der Waals surface area contributed by atoms with Gasteiger partial charge in [-0.25, -0.2) is 4.79 Å². The number of aromatic amines is 1. The van der Waals surface area contributed by atoms with E-state index >= 15 is 0 Å².